The number of hydrogen-bond donors (Lipinski definition) is 0. The molecular weight excluding hydrogens is 378 g/mol. The molecular formula is C19H16OPRh. The van der Waals surface area contributed by atoms with E-state index < -0.39 is 7.26 Å². The van der Waals surface area contributed by atoms with E-state index in [0.717, 1.165) is 15.9 Å². The van der Waals surface area contributed by atoms with Gasteiger partial charge in [-0.3, -0.25) is 0 Å². The summed E-state index contributed by atoms with van der Waals surface area (Å²) in [7, 11) is -2.69. The number of rotatable bonds is 4. The zero-order valence-electron chi connectivity index (χ0n) is 11.9. The number of carbonyl (C=O) groups is 1. The fourth-order valence-corrected chi connectivity index (χ4v) is 8.73. The van der Waals surface area contributed by atoms with Gasteiger partial charge in [0.1, 0.15) is 0 Å². The molecule has 0 atom stereocenters. The second-order valence-electron chi connectivity index (χ2n) is 5.10. The van der Waals surface area contributed by atoms with Crippen LogP contribution in [-0.4, -0.2) is 4.12 Å². The van der Waals surface area contributed by atoms with E-state index in [1.165, 1.54) is 0 Å². The Labute approximate surface area is 141 Å². The van der Waals surface area contributed by atoms with Crippen molar-refractivity contribution in [3.8, 4) is 0 Å². The first-order valence-electron chi connectivity index (χ1n) is 7.10. The van der Waals surface area contributed by atoms with Crippen molar-refractivity contribution in [1.82, 2.24) is 0 Å². The average Bonchev–Trinajstić information content (AvgIpc) is 2.58. The van der Waals surface area contributed by atoms with Gasteiger partial charge in [0, 0.05) is 0 Å². The summed E-state index contributed by atoms with van der Waals surface area (Å²) in [6.07, 6.45) is 0. The summed E-state index contributed by atoms with van der Waals surface area (Å²) in [5, 5.41) is 3.33. The first-order chi connectivity index (χ1) is 10.8. The Balaban J connectivity index is 2.37. The first-order valence-corrected chi connectivity index (χ1v) is 9.92. The van der Waals surface area contributed by atoms with Crippen LogP contribution >= 0.6 is 7.26 Å². The number of benzene rings is 3. The van der Waals surface area contributed by atoms with E-state index in [1.807, 2.05) is 54.6 Å². The summed E-state index contributed by atoms with van der Waals surface area (Å²) in [6.45, 7) is 0. The van der Waals surface area contributed by atoms with Gasteiger partial charge < -0.3 is 0 Å². The molecule has 0 bridgehead atoms. The summed E-state index contributed by atoms with van der Waals surface area (Å²) >= 11 is 2.67. The molecule has 0 unspecified atom stereocenters. The molecule has 22 heavy (non-hydrogen) atoms. The fraction of sp³-hybridized carbons (Fsp3) is 0. The zero-order chi connectivity index (χ0) is 15.4. The van der Waals surface area contributed by atoms with Crippen LogP contribution in [0, 0.1) is 0 Å². The van der Waals surface area contributed by atoms with Crippen LogP contribution < -0.4 is 15.9 Å². The molecule has 0 heterocycles. The van der Waals surface area contributed by atoms with Gasteiger partial charge in [0.05, 0.1) is 0 Å². The van der Waals surface area contributed by atoms with Gasteiger partial charge >= 0.3 is 141 Å². The second kappa shape index (κ2) is 6.65. The Kier molecular flexibility index (Phi) is 4.62. The third kappa shape index (κ3) is 2.58. The molecule has 0 aliphatic rings. The van der Waals surface area contributed by atoms with Crippen LogP contribution in [0.25, 0.3) is 0 Å². The second-order valence-corrected chi connectivity index (χ2v) is 10.3. The third-order valence-corrected chi connectivity index (χ3v) is 9.90. The summed E-state index contributed by atoms with van der Waals surface area (Å²) in [5.41, 5.74) is 0. The Morgan fingerprint density at radius 2 is 0.864 bits per heavy atom. The van der Waals surface area contributed by atoms with Gasteiger partial charge in [-0.25, -0.2) is 0 Å². The van der Waals surface area contributed by atoms with Gasteiger partial charge in [0.25, 0.3) is 0 Å². The molecule has 0 aliphatic carbocycles. The summed E-state index contributed by atoms with van der Waals surface area (Å²) in [6, 6.07) is 30.5. The molecule has 3 aromatic carbocycles. The zero-order valence-corrected chi connectivity index (χ0v) is 14.5. The van der Waals surface area contributed by atoms with Crippen molar-refractivity contribution in [2.75, 3.05) is 0 Å². The molecule has 112 valence electrons. The van der Waals surface area contributed by atoms with Crippen molar-refractivity contribution < 1.29 is 23.1 Å². The Bertz CT molecular complexity index is 661. The molecule has 0 N–H and O–H groups in total. The van der Waals surface area contributed by atoms with E-state index in [1.54, 1.807) is 0 Å². The van der Waals surface area contributed by atoms with Crippen molar-refractivity contribution in [2.45, 2.75) is 0 Å². The summed E-state index contributed by atoms with van der Waals surface area (Å²) in [5.74, 6) is 0. The van der Waals surface area contributed by atoms with Gasteiger partial charge in [0.2, 0.25) is 0 Å². The van der Waals surface area contributed by atoms with Crippen LogP contribution in [0.3, 0.4) is 0 Å². The maximum atomic E-state index is 12.9. The normalized spacial score (nSPS) is 11.9. The van der Waals surface area contributed by atoms with E-state index in [9.17, 15) is 4.79 Å². The summed E-state index contributed by atoms with van der Waals surface area (Å²) in [4.78, 5) is 12.9. The molecule has 0 radical (unpaired) electrons. The predicted octanol–water partition coefficient (Wildman–Crippen LogP) is 3.38. The van der Waals surface area contributed by atoms with Gasteiger partial charge in [-0.1, -0.05) is 0 Å². The number of hydrogen-bond acceptors (Lipinski definition) is 1. The molecule has 0 fully saturated rings. The van der Waals surface area contributed by atoms with Gasteiger partial charge in [-0.2, -0.15) is 0 Å². The third-order valence-electron chi connectivity index (χ3n) is 3.90. The summed E-state index contributed by atoms with van der Waals surface area (Å²) < 4.78 is 0.150. The monoisotopic (exact) mass is 394 g/mol. The SMILES string of the molecule is O=[C]([Rh])[PH](c1ccccc1)(c1ccccc1)c1ccccc1. The standard InChI is InChI=1S/C19H16OP.Rh/c20-16-21(17-10-4-1-5-11-17,18-12-6-2-7-13-18)19-14-8-3-9-15-19;/h1-15,21H;. The minimum atomic E-state index is -2.69. The van der Waals surface area contributed by atoms with Crippen LogP contribution in [0.1, 0.15) is 0 Å². The molecule has 3 aromatic rings. The van der Waals surface area contributed by atoms with Crippen LogP contribution in [0.4, 0.5) is 4.79 Å². The molecule has 0 amide bonds. The van der Waals surface area contributed by atoms with Crippen LogP contribution in [0.2, 0.25) is 0 Å². The molecule has 0 saturated heterocycles. The van der Waals surface area contributed by atoms with Gasteiger partial charge in [-0.05, 0) is 0 Å². The van der Waals surface area contributed by atoms with E-state index in [-0.39, 0.29) is 4.12 Å². The average molecular weight is 394 g/mol. The van der Waals surface area contributed by atoms with Crippen LogP contribution in [0.15, 0.2) is 91.0 Å². The van der Waals surface area contributed by atoms with Crippen LogP contribution in [-0.2, 0) is 18.3 Å². The molecule has 0 aliphatic heterocycles. The first kappa shape index (κ1) is 15.3. The Morgan fingerprint density at radius 1 is 0.591 bits per heavy atom. The van der Waals surface area contributed by atoms with Crippen molar-refractivity contribution in [3.05, 3.63) is 91.0 Å². The predicted molar refractivity (Wildman–Crippen MR) is 91.9 cm³/mol. The minimum absolute atomic E-state index is 0.150. The van der Waals surface area contributed by atoms with Crippen molar-refractivity contribution in [3.63, 3.8) is 0 Å². The fourth-order valence-electron chi connectivity index (χ4n) is 2.89. The molecule has 3 rings (SSSR count). The van der Waals surface area contributed by atoms with E-state index >= 15 is 0 Å². The van der Waals surface area contributed by atoms with E-state index in [0.29, 0.717) is 0 Å². The van der Waals surface area contributed by atoms with Crippen molar-refractivity contribution in [2.24, 2.45) is 0 Å². The number of carbonyl (C=O) groups excluding carboxylic acids is 1. The molecule has 3 heteroatoms. The van der Waals surface area contributed by atoms with Crippen molar-refractivity contribution >= 4 is 27.3 Å². The van der Waals surface area contributed by atoms with Crippen LogP contribution in [0.5, 0.6) is 0 Å². The van der Waals surface area contributed by atoms with Gasteiger partial charge in [-0.15, -0.1) is 0 Å². The topological polar surface area (TPSA) is 17.1 Å². The van der Waals surface area contributed by atoms with Crippen molar-refractivity contribution in [1.29, 1.82) is 0 Å². The molecule has 0 aromatic heterocycles. The maximum absolute atomic E-state index is 12.9. The van der Waals surface area contributed by atoms with E-state index in [4.69, 9.17) is 0 Å². The molecule has 0 spiro atoms. The Morgan fingerprint density at radius 3 is 1.09 bits per heavy atom. The quantitative estimate of drug-likeness (QED) is 0.490. The van der Waals surface area contributed by atoms with E-state index in [2.05, 4.69) is 54.7 Å². The Hall–Kier alpha value is -1.62. The molecule has 0 saturated carbocycles. The van der Waals surface area contributed by atoms with Gasteiger partial charge in [0.15, 0.2) is 0 Å². The molecule has 1 nitrogen and oxygen atoms in total.